The molecule has 0 aromatic rings. The highest BCUT2D eigenvalue weighted by molar-refractivity contribution is 5.69. The van der Waals surface area contributed by atoms with E-state index in [1.165, 1.54) is 0 Å². The highest BCUT2D eigenvalue weighted by Crippen LogP contribution is 1.85. The number of ether oxygens (including phenoxy) is 2. The highest BCUT2D eigenvalue weighted by Gasteiger charge is 1.98. The van der Waals surface area contributed by atoms with Crippen LogP contribution in [0.5, 0.6) is 0 Å². The van der Waals surface area contributed by atoms with Crippen molar-refractivity contribution in [2.24, 2.45) is 11.5 Å². The van der Waals surface area contributed by atoms with Gasteiger partial charge in [0, 0.05) is 6.54 Å². The van der Waals surface area contributed by atoms with Crippen LogP contribution >= 0.6 is 0 Å². The quantitative estimate of drug-likeness (QED) is 0.296. The number of hydrogen-bond donors (Lipinski definition) is 3. The van der Waals surface area contributed by atoms with Crippen molar-refractivity contribution >= 4 is 12.1 Å². The van der Waals surface area contributed by atoms with Crippen LogP contribution in [0.3, 0.4) is 0 Å². The van der Waals surface area contributed by atoms with E-state index < -0.39 is 6.09 Å². The zero-order valence-electron chi connectivity index (χ0n) is 8.98. The monoisotopic (exact) mass is 231 g/mol. The lowest BCUT2D eigenvalue weighted by molar-refractivity contribution is -0.142. The third kappa shape index (κ3) is 8.97. The number of alkyl carbamates (subject to hydrolysis) is 1. The first-order valence-electron chi connectivity index (χ1n) is 4.82. The lowest BCUT2D eigenvalue weighted by Crippen LogP contribution is -2.29. The Balaban J connectivity index is 3.41. The molecule has 92 valence electrons. The first-order valence-corrected chi connectivity index (χ1v) is 4.82. The average molecular weight is 231 g/mol. The predicted octanol–water partition coefficient (Wildman–Crippen LogP) is -0.923. The maximum absolute atomic E-state index is 10.8. The van der Waals surface area contributed by atoms with Crippen LogP contribution in [0, 0.1) is 0 Å². The molecule has 0 aliphatic heterocycles. The van der Waals surface area contributed by atoms with Gasteiger partial charge < -0.3 is 26.3 Å². The molecular weight excluding hydrogens is 214 g/mol. The third-order valence-corrected chi connectivity index (χ3v) is 1.41. The Labute approximate surface area is 93.7 Å². The summed E-state index contributed by atoms with van der Waals surface area (Å²) in [5.74, 6) is -0.353. The van der Waals surface area contributed by atoms with Crippen LogP contribution in [-0.2, 0) is 14.3 Å². The van der Waals surface area contributed by atoms with E-state index in [-0.39, 0.29) is 38.8 Å². The molecule has 0 aromatic heterocycles. The largest absolute Gasteiger partial charge is 0.461 e. The van der Waals surface area contributed by atoms with Crippen LogP contribution < -0.4 is 16.8 Å². The third-order valence-electron chi connectivity index (χ3n) is 1.41. The molecule has 0 radical (unpaired) electrons. The van der Waals surface area contributed by atoms with Gasteiger partial charge >= 0.3 is 12.1 Å². The minimum absolute atomic E-state index is 0.0270. The summed E-state index contributed by atoms with van der Waals surface area (Å²) in [4.78, 5) is 21.5. The van der Waals surface area contributed by atoms with Gasteiger partial charge in [-0.1, -0.05) is 0 Å². The van der Waals surface area contributed by atoms with Gasteiger partial charge in [-0.15, -0.1) is 0 Å². The summed E-state index contributed by atoms with van der Waals surface area (Å²) in [5.41, 5.74) is 10.2. The number of carbonyl (C=O) groups excluding carboxylic acids is 2. The van der Waals surface area contributed by atoms with Crippen LogP contribution in [0.15, 0.2) is 12.2 Å². The van der Waals surface area contributed by atoms with E-state index >= 15 is 0 Å². The lowest BCUT2D eigenvalue weighted by atomic mass is 10.4. The maximum Gasteiger partial charge on any atom is 0.408 e. The molecule has 0 aromatic carbocycles. The number of rotatable bonds is 7. The van der Waals surface area contributed by atoms with E-state index in [2.05, 4.69) is 10.1 Å². The summed E-state index contributed by atoms with van der Waals surface area (Å²) in [6, 6.07) is 0. The van der Waals surface area contributed by atoms with Crippen molar-refractivity contribution in [2.45, 2.75) is 6.42 Å². The molecule has 5 N–H and O–H groups in total. The Morgan fingerprint density at radius 1 is 1.12 bits per heavy atom. The van der Waals surface area contributed by atoms with Gasteiger partial charge in [0.15, 0.2) is 0 Å². The second kappa shape index (κ2) is 9.94. The number of carbonyl (C=O) groups is 2. The summed E-state index contributed by atoms with van der Waals surface area (Å²) in [5, 5.41) is 2.25. The first kappa shape index (κ1) is 14.4. The molecule has 0 saturated carbocycles. The molecule has 0 bridgehead atoms. The van der Waals surface area contributed by atoms with E-state index in [1.807, 2.05) is 0 Å². The minimum Gasteiger partial charge on any atom is -0.461 e. The molecule has 0 fully saturated rings. The molecule has 0 spiro atoms. The molecule has 0 heterocycles. The predicted molar refractivity (Wildman–Crippen MR) is 57.3 cm³/mol. The number of esters is 1. The van der Waals surface area contributed by atoms with Crippen molar-refractivity contribution < 1.29 is 19.1 Å². The number of nitrogens with two attached hydrogens (primary N) is 2. The van der Waals surface area contributed by atoms with Crippen LogP contribution in [0.1, 0.15) is 6.42 Å². The number of amides is 1. The Bertz CT molecular complexity index is 219. The first-order chi connectivity index (χ1) is 7.70. The maximum atomic E-state index is 10.8. The van der Waals surface area contributed by atoms with E-state index in [4.69, 9.17) is 16.2 Å². The topological polar surface area (TPSA) is 117 Å². The van der Waals surface area contributed by atoms with Gasteiger partial charge in [0.25, 0.3) is 0 Å². The van der Waals surface area contributed by atoms with E-state index in [9.17, 15) is 9.59 Å². The number of hydrogen-bond acceptors (Lipinski definition) is 6. The molecule has 0 aliphatic rings. The average Bonchev–Trinajstić information content (AvgIpc) is 2.24. The van der Waals surface area contributed by atoms with E-state index in [0.29, 0.717) is 0 Å². The summed E-state index contributed by atoms with van der Waals surface area (Å²) in [7, 11) is 0. The van der Waals surface area contributed by atoms with E-state index in [1.54, 1.807) is 12.2 Å². The Morgan fingerprint density at radius 3 is 2.31 bits per heavy atom. The number of nitrogens with one attached hydrogen (secondary N) is 1. The van der Waals surface area contributed by atoms with Crippen LogP contribution in [0.25, 0.3) is 0 Å². The van der Waals surface area contributed by atoms with Gasteiger partial charge in [-0.05, 0) is 12.2 Å². The second-order valence-electron chi connectivity index (χ2n) is 2.67. The lowest BCUT2D eigenvalue weighted by Gasteiger charge is -2.01. The Kier molecular flexibility index (Phi) is 8.94. The standard InChI is InChI=1S/C9H17N3O4/c10-4-3-8(13)15-5-1-2-6-16-9(14)12-7-11/h1-2H,3-7,10-11H2,(H,12,14)/b2-1+. The van der Waals surface area contributed by atoms with Crippen molar-refractivity contribution in [3.8, 4) is 0 Å². The summed E-state index contributed by atoms with van der Waals surface area (Å²) < 4.78 is 9.41. The van der Waals surface area contributed by atoms with Gasteiger partial charge in [0.2, 0.25) is 0 Å². The molecule has 7 nitrogen and oxygen atoms in total. The SMILES string of the molecule is NCCC(=O)OC/C=C/COC(=O)NCN. The van der Waals surface area contributed by atoms with Gasteiger partial charge in [0.1, 0.15) is 13.2 Å². The summed E-state index contributed by atoms with van der Waals surface area (Å²) >= 11 is 0. The molecule has 0 aliphatic carbocycles. The summed E-state index contributed by atoms with van der Waals surface area (Å²) in [6.07, 6.45) is 2.74. The fourth-order valence-electron chi connectivity index (χ4n) is 0.725. The smallest absolute Gasteiger partial charge is 0.408 e. The van der Waals surface area contributed by atoms with Crippen LogP contribution in [-0.4, -0.2) is 38.5 Å². The molecule has 7 heteroatoms. The van der Waals surface area contributed by atoms with Crippen LogP contribution in [0.2, 0.25) is 0 Å². The molecular formula is C9H17N3O4. The van der Waals surface area contributed by atoms with Crippen molar-refractivity contribution in [3.05, 3.63) is 12.2 Å². The molecule has 1 amide bonds. The fraction of sp³-hybridized carbons (Fsp3) is 0.556. The van der Waals surface area contributed by atoms with E-state index in [0.717, 1.165) is 0 Å². The van der Waals surface area contributed by atoms with Crippen molar-refractivity contribution in [1.29, 1.82) is 0 Å². The Morgan fingerprint density at radius 2 is 1.75 bits per heavy atom. The molecule has 16 heavy (non-hydrogen) atoms. The van der Waals surface area contributed by atoms with Gasteiger partial charge in [-0.3, -0.25) is 4.79 Å². The van der Waals surface area contributed by atoms with Gasteiger partial charge in [-0.2, -0.15) is 0 Å². The van der Waals surface area contributed by atoms with Crippen LogP contribution in [0.4, 0.5) is 4.79 Å². The van der Waals surface area contributed by atoms with Crippen molar-refractivity contribution in [2.75, 3.05) is 26.4 Å². The van der Waals surface area contributed by atoms with Crippen molar-refractivity contribution in [3.63, 3.8) is 0 Å². The second-order valence-corrected chi connectivity index (χ2v) is 2.67. The molecule has 0 saturated heterocycles. The Hall–Kier alpha value is -1.60. The normalized spacial score (nSPS) is 10.1. The fourth-order valence-corrected chi connectivity index (χ4v) is 0.725. The highest BCUT2D eigenvalue weighted by atomic mass is 16.5. The van der Waals surface area contributed by atoms with Gasteiger partial charge in [-0.25, -0.2) is 4.79 Å². The van der Waals surface area contributed by atoms with Crippen molar-refractivity contribution in [1.82, 2.24) is 5.32 Å². The zero-order chi connectivity index (χ0) is 12.2. The molecule has 0 atom stereocenters. The summed E-state index contributed by atoms with van der Waals surface area (Å²) in [6.45, 7) is 0.533. The molecule has 0 rings (SSSR count). The van der Waals surface area contributed by atoms with Gasteiger partial charge in [0.05, 0.1) is 13.1 Å². The minimum atomic E-state index is -0.590. The zero-order valence-corrected chi connectivity index (χ0v) is 8.98. The molecule has 0 unspecified atom stereocenters.